The van der Waals surface area contributed by atoms with E-state index >= 15 is 0 Å². The zero-order chi connectivity index (χ0) is 13.2. The Morgan fingerprint density at radius 2 is 2.11 bits per heavy atom. The average Bonchev–Trinajstić information content (AvgIpc) is 2.99. The Hall–Kier alpha value is -1.79. The number of likely N-dealkylation sites (tertiary alicyclic amines) is 1. The molecule has 1 fully saturated rings. The molecule has 0 saturated carbocycles. The molecule has 0 unspecified atom stereocenters. The van der Waals surface area contributed by atoms with Crippen LogP contribution in [-0.2, 0) is 6.54 Å². The second-order valence-electron chi connectivity index (χ2n) is 4.66. The molecule has 0 aliphatic carbocycles. The maximum absolute atomic E-state index is 13.2. The van der Waals surface area contributed by atoms with E-state index in [0.717, 1.165) is 5.56 Å². The number of aliphatic hydroxyl groups excluding tert-OH is 1. The van der Waals surface area contributed by atoms with Gasteiger partial charge in [0.15, 0.2) is 5.82 Å². The van der Waals surface area contributed by atoms with Crippen molar-refractivity contribution >= 4 is 0 Å². The number of β-amino-alcohol motifs (C(OH)–C–C–N with tert-alkyl or cyclic N) is 1. The molecule has 1 aliphatic rings. The minimum Gasteiger partial charge on any atom is -0.389 e. The molecule has 6 heteroatoms. The van der Waals surface area contributed by atoms with Gasteiger partial charge in [0.05, 0.1) is 12.6 Å². The first-order chi connectivity index (χ1) is 9.22. The molecule has 3 rings (SSSR count). The Bertz CT molecular complexity index is 536. The van der Waals surface area contributed by atoms with E-state index in [4.69, 9.17) is 4.52 Å². The molecule has 5 nitrogen and oxygen atoms in total. The van der Waals surface area contributed by atoms with Crippen molar-refractivity contribution in [2.75, 3.05) is 13.1 Å². The number of hydrogen-bond acceptors (Lipinski definition) is 5. The van der Waals surface area contributed by atoms with Crippen LogP contribution in [0.4, 0.5) is 4.39 Å². The van der Waals surface area contributed by atoms with Gasteiger partial charge >= 0.3 is 0 Å². The highest BCUT2D eigenvalue weighted by Crippen LogP contribution is 2.19. The number of benzene rings is 1. The lowest BCUT2D eigenvalue weighted by atomic mass is 10.2. The summed E-state index contributed by atoms with van der Waals surface area (Å²) >= 11 is 0. The molecule has 1 N–H and O–H groups in total. The molecule has 2 aromatic rings. The number of hydrogen-bond donors (Lipinski definition) is 1. The van der Waals surface area contributed by atoms with Crippen molar-refractivity contribution in [3.05, 3.63) is 36.2 Å². The first kappa shape index (κ1) is 12.3. The maximum Gasteiger partial charge on any atom is 0.257 e. The van der Waals surface area contributed by atoms with Gasteiger partial charge in [-0.05, 0) is 12.1 Å². The van der Waals surface area contributed by atoms with Crippen molar-refractivity contribution in [1.29, 1.82) is 0 Å². The molecule has 2 heterocycles. The zero-order valence-electron chi connectivity index (χ0n) is 10.2. The molecular formula is C13H14FN3O2. The number of halogens is 1. The van der Waals surface area contributed by atoms with E-state index < -0.39 is 12.3 Å². The molecule has 1 aromatic carbocycles. The van der Waals surface area contributed by atoms with E-state index in [-0.39, 0.29) is 6.54 Å². The summed E-state index contributed by atoms with van der Waals surface area (Å²) in [5.41, 5.74) is 0.853. The molecule has 2 atom stereocenters. The summed E-state index contributed by atoms with van der Waals surface area (Å²) in [5, 5.41) is 13.2. The maximum atomic E-state index is 13.2. The van der Waals surface area contributed by atoms with Gasteiger partial charge in [0.2, 0.25) is 0 Å². The number of rotatable bonds is 3. The van der Waals surface area contributed by atoms with Crippen LogP contribution >= 0.6 is 0 Å². The highest BCUT2D eigenvalue weighted by atomic mass is 19.1. The van der Waals surface area contributed by atoms with Crippen molar-refractivity contribution < 1.29 is 14.0 Å². The Kier molecular flexibility index (Phi) is 3.27. The average molecular weight is 263 g/mol. The first-order valence-electron chi connectivity index (χ1n) is 6.15. The summed E-state index contributed by atoms with van der Waals surface area (Å²) in [6, 6.07) is 9.46. The smallest absolute Gasteiger partial charge is 0.257 e. The minimum absolute atomic E-state index is 0.205. The summed E-state index contributed by atoms with van der Waals surface area (Å²) in [6.45, 7) is 0.889. The van der Waals surface area contributed by atoms with Crippen molar-refractivity contribution in [3.63, 3.8) is 0 Å². The lowest BCUT2D eigenvalue weighted by molar-refractivity contribution is 0.115. The van der Waals surface area contributed by atoms with Crippen molar-refractivity contribution in [3.8, 4) is 11.5 Å². The molecule has 0 amide bonds. The number of nitrogens with zero attached hydrogens (tertiary/aromatic N) is 3. The summed E-state index contributed by atoms with van der Waals surface area (Å²) in [7, 11) is 0. The third-order valence-corrected chi connectivity index (χ3v) is 3.15. The van der Waals surface area contributed by atoms with Gasteiger partial charge in [0.25, 0.3) is 5.89 Å². The topological polar surface area (TPSA) is 62.4 Å². The second-order valence-corrected chi connectivity index (χ2v) is 4.66. The molecule has 0 bridgehead atoms. The van der Waals surface area contributed by atoms with Crippen LogP contribution in [0.3, 0.4) is 0 Å². The zero-order valence-corrected chi connectivity index (χ0v) is 10.2. The molecule has 1 saturated heterocycles. The summed E-state index contributed by atoms with van der Waals surface area (Å²) in [5.74, 6) is 0.951. The fraction of sp³-hybridized carbons (Fsp3) is 0.385. The molecule has 0 spiro atoms. The van der Waals surface area contributed by atoms with E-state index in [9.17, 15) is 9.50 Å². The SMILES string of the molecule is O[C@@H]1CN(Cc2noc(-c3ccccc3)n2)C[C@H]1F. The third-order valence-electron chi connectivity index (χ3n) is 3.15. The van der Waals surface area contributed by atoms with Gasteiger partial charge in [-0.1, -0.05) is 23.4 Å². The Balaban J connectivity index is 1.69. The van der Waals surface area contributed by atoms with Crippen LogP contribution in [-0.4, -0.2) is 45.5 Å². The van der Waals surface area contributed by atoms with E-state index in [1.54, 1.807) is 4.90 Å². The minimum atomic E-state index is -1.19. The Morgan fingerprint density at radius 1 is 1.32 bits per heavy atom. The third kappa shape index (κ3) is 2.64. The van der Waals surface area contributed by atoms with Gasteiger partial charge in [-0.3, -0.25) is 4.90 Å². The Morgan fingerprint density at radius 3 is 2.79 bits per heavy atom. The molecule has 1 aliphatic heterocycles. The highest BCUT2D eigenvalue weighted by molar-refractivity contribution is 5.51. The number of aromatic nitrogens is 2. The van der Waals surface area contributed by atoms with Gasteiger partial charge < -0.3 is 9.63 Å². The van der Waals surface area contributed by atoms with Gasteiger partial charge in [0, 0.05) is 18.7 Å². The summed E-state index contributed by atoms with van der Waals surface area (Å²) < 4.78 is 18.4. The molecule has 1 aromatic heterocycles. The normalized spacial score (nSPS) is 23.9. The van der Waals surface area contributed by atoms with Crippen molar-refractivity contribution in [2.24, 2.45) is 0 Å². The summed E-state index contributed by atoms with van der Waals surface area (Å²) in [6.07, 6.45) is -2.11. The van der Waals surface area contributed by atoms with E-state index in [1.165, 1.54) is 0 Å². The van der Waals surface area contributed by atoms with Crippen LogP contribution in [0.1, 0.15) is 5.82 Å². The van der Waals surface area contributed by atoms with E-state index in [0.29, 0.717) is 24.8 Å². The Labute approximate surface area is 109 Å². The van der Waals surface area contributed by atoms with Crippen LogP contribution in [0, 0.1) is 0 Å². The van der Waals surface area contributed by atoms with Crippen molar-refractivity contribution in [2.45, 2.75) is 18.8 Å². The number of aliphatic hydroxyl groups is 1. The van der Waals surface area contributed by atoms with Gasteiger partial charge in [-0.25, -0.2) is 4.39 Å². The molecule has 0 radical (unpaired) electrons. The van der Waals surface area contributed by atoms with Crippen molar-refractivity contribution in [1.82, 2.24) is 15.0 Å². The van der Waals surface area contributed by atoms with Gasteiger partial charge in [-0.2, -0.15) is 4.98 Å². The lowest BCUT2D eigenvalue weighted by Gasteiger charge is -2.10. The fourth-order valence-corrected chi connectivity index (χ4v) is 2.17. The van der Waals surface area contributed by atoms with E-state index in [2.05, 4.69) is 10.1 Å². The standard InChI is InChI=1S/C13H14FN3O2/c14-10-6-17(7-11(10)18)8-12-15-13(19-16-12)9-4-2-1-3-5-9/h1-5,10-11,18H,6-8H2/t10-,11-/m1/s1. The quantitative estimate of drug-likeness (QED) is 0.903. The van der Waals surface area contributed by atoms with Gasteiger partial charge in [0.1, 0.15) is 6.17 Å². The largest absolute Gasteiger partial charge is 0.389 e. The van der Waals surface area contributed by atoms with Crippen LogP contribution in [0.2, 0.25) is 0 Å². The molecular weight excluding hydrogens is 249 g/mol. The second kappa shape index (κ2) is 5.07. The predicted molar refractivity (Wildman–Crippen MR) is 65.9 cm³/mol. The first-order valence-corrected chi connectivity index (χ1v) is 6.15. The van der Waals surface area contributed by atoms with Gasteiger partial charge in [-0.15, -0.1) is 0 Å². The van der Waals surface area contributed by atoms with E-state index in [1.807, 2.05) is 30.3 Å². The number of alkyl halides is 1. The van der Waals surface area contributed by atoms with Crippen LogP contribution in [0.25, 0.3) is 11.5 Å². The highest BCUT2D eigenvalue weighted by Gasteiger charge is 2.31. The van der Waals surface area contributed by atoms with Crippen LogP contribution < -0.4 is 0 Å². The fourth-order valence-electron chi connectivity index (χ4n) is 2.17. The monoisotopic (exact) mass is 263 g/mol. The molecule has 100 valence electrons. The summed E-state index contributed by atoms with van der Waals surface area (Å²) in [4.78, 5) is 6.04. The predicted octanol–water partition coefficient (Wildman–Crippen LogP) is 1.25. The van der Waals surface area contributed by atoms with Crippen LogP contribution in [0.5, 0.6) is 0 Å². The van der Waals surface area contributed by atoms with Crippen LogP contribution in [0.15, 0.2) is 34.9 Å². The lowest BCUT2D eigenvalue weighted by Crippen LogP contribution is -2.22. The molecule has 19 heavy (non-hydrogen) atoms.